The summed E-state index contributed by atoms with van der Waals surface area (Å²) < 4.78 is 5.01. The van der Waals surface area contributed by atoms with Crippen molar-refractivity contribution >= 4 is 10.9 Å². The van der Waals surface area contributed by atoms with Crippen LogP contribution in [-0.4, -0.2) is 28.5 Å². The molecule has 0 fully saturated rings. The minimum atomic E-state index is -0.322. The van der Waals surface area contributed by atoms with Gasteiger partial charge in [0.15, 0.2) is 0 Å². The molecule has 0 saturated carbocycles. The van der Waals surface area contributed by atoms with Crippen molar-refractivity contribution in [3.05, 3.63) is 34.1 Å². The fourth-order valence-corrected chi connectivity index (χ4v) is 1.59. The summed E-state index contributed by atoms with van der Waals surface area (Å²) in [5.74, 6) is 0.509. The maximum Gasteiger partial charge on any atom is 0.213 e. The SMILES string of the molecule is COc1cc2c(CC[N+](=O)[O-])c[nH]c2cn1. The van der Waals surface area contributed by atoms with Crippen LogP contribution in [0.15, 0.2) is 18.5 Å². The average molecular weight is 221 g/mol. The van der Waals surface area contributed by atoms with Crippen LogP contribution in [0.2, 0.25) is 0 Å². The Labute approximate surface area is 91.4 Å². The lowest BCUT2D eigenvalue weighted by Gasteiger charge is -1.99. The van der Waals surface area contributed by atoms with E-state index in [1.807, 2.05) is 0 Å². The molecule has 0 aliphatic heterocycles. The highest BCUT2D eigenvalue weighted by molar-refractivity contribution is 5.83. The van der Waals surface area contributed by atoms with Crippen molar-refractivity contribution in [2.24, 2.45) is 0 Å². The van der Waals surface area contributed by atoms with E-state index in [0.29, 0.717) is 12.3 Å². The van der Waals surface area contributed by atoms with Gasteiger partial charge in [-0.15, -0.1) is 0 Å². The van der Waals surface area contributed by atoms with Crippen molar-refractivity contribution in [2.75, 3.05) is 13.7 Å². The van der Waals surface area contributed by atoms with E-state index >= 15 is 0 Å². The maximum atomic E-state index is 10.3. The summed E-state index contributed by atoms with van der Waals surface area (Å²) in [6.45, 7) is -0.0718. The van der Waals surface area contributed by atoms with Crippen molar-refractivity contribution in [3.63, 3.8) is 0 Å². The molecule has 6 heteroatoms. The molecule has 0 spiro atoms. The number of nitrogens with one attached hydrogen (secondary N) is 1. The van der Waals surface area contributed by atoms with E-state index in [0.717, 1.165) is 16.5 Å². The molecule has 0 aliphatic rings. The number of nitro groups is 1. The number of methoxy groups -OCH3 is 1. The summed E-state index contributed by atoms with van der Waals surface area (Å²) in [5.41, 5.74) is 1.77. The third-order valence-corrected chi connectivity index (χ3v) is 2.40. The number of ether oxygens (including phenoxy) is 1. The lowest BCUT2D eigenvalue weighted by atomic mass is 10.1. The Morgan fingerprint density at radius 2 is 2.44 bits per heavy atom. The molecule has 6 nitrogen and oxygen atoms in total. The molecule has 0 aromatic carbocycles. The highest BCUT2D eigenvalue weighted by Crippen LogP contribution is 2.21. The number of nitrogens with zero attached hydrogens (tertiary/aromatic N) is 2. The van der Waals surface area contributed by atoms with Crippen LogP contribution in [0.4, 0.5) is 0 Å². The van der Waals surface area contributed by atoms with E-state index in [-0.39, 0.29) is 11.5 Å². The lowest BCUT2D eigenvalue weighted by molar-refractivity contribution is -0.479. The highest BCUT2D eigenvalue weighted by Gasteiger charge is 2.08. The van der Waals surface area contributed by atoms with E-state index in [2.05, 4.69) is 9.97 Å². The molecule has 2 aromatic rings. The zero-order chi connectivity index (χ0) is 11.5. The standard InChI is InChI=1S/C10H11N3O3/c1-16-10-4-8-7(2-3-13(14)15)5-11-9(8)6-12-10/h4-6,11H,2-3H2,1H3. The second-order valence-electron chi connectivity index (χ2n) is 3.39. The summed E-state index contributed by atoms with van der Waals surface area (Å²) in [4.78, 5) is 17.1. The Morgan fingerprint density at radius 3 is 3.12 bits per heavy atom. The topological polar surface area (TPSA) is 81.0 Å². The summed E-state index contributed by atoms with van der Waals surface area (Å²) >= 11 is 0. The number of hydrogen-bond acceptors (Lipinski definition) is 4. The van der Waals surface area contributed by atoms with Crippen LogP contribution in [-0.2, 0) is 6.42 Å². The van der Waals surface area contributed by atoms with Gasteiger partial charge in [-0.2, -0.15) is 0 Å². The number of pyridine rings is 1. The third kappa shape index (κ3) is 1.95. The molecule has 2 aromatic heterocycles. The number of fused-ring (bicyclic) bond motifs is 1. The lowest BCUT2D eigenvalue weighted by Crippen LogP contribution is -2.03. The zero-order valence-corrected chi connectivity index (χ0v) is 8.77. The number of aromatic nitrogens is 2. The van der Waals surface area contributed by atoms with Gasteiger partial charge < -0.3 is 9.72 Å². The molecule has 0 saturated heterocycles. The van der Waals surface area contributed by atoms with Gasteiger partial charge in [-0.25, -0.2) is 4.98 Å². The first-order chi connectivity index (χ1) is 7.70. The van der Waals surface area contributed by atoms with Gasteiger partial charge >= 0.3 is 0 Å². The van der Waals surface area contributed by atoms with E-state index in [4.69, 9.17) is 4.74 Å². The Hall–Kier alpha value is -2.11. The van der Waals surface area contributed by atoms with Gasteiger partial charge in [-0.3, -0.25) is 10.1 Å². The first-order valence-electron chi connectivity index (χ1n) is 4.82. The number of H-pyrrole nitrogens is 1. The molecule has 0 amide bonds. The fourth-order valence-electron chi connectivity index (χ4n) is 1.59. The molecule has 1 N–H and O–H groups in total. The van der Waals surface area contributed by atoms with Crippen LogP contribution < -0.4 is 4.74 Å². The van der Waals surface area contributed by atoms with E-state index in [1.54, 1.807) is 18.5 Å². The van der Waals surface area contributed by atoms with Gasteiger partial charge in [0.2, 0.25) is 12.4 Å². The quantitative estimate of drug-likeness (QED) is 0.624. The van der Waals surface area contributed by atoms with Gasteiger partial charge in [0, 0.05) is 29.0 Å². The molecular weight excluding hydrogens is 210 g/mol. The van der Waals surface area contributed by atoms with Crippen molar-refractivity contribution in [1.29, 1.82) is 0 Å². The Bertz CT molecular complexity index is 521. The van der Waals surface area contributed by atoms with Crippen LogP contribution in [0.1, 0.15) is 5.56 Å². The van der Waals surface area contributed by atoms with Crippen molar-refractivity contribution in [2.45, 2.75) is 6.42 Å². The second kappa shape index (κ2) is 4.18. The van der Waals surface area contributed by atoms with Crippen molar-refractivity contribution < 1.29 is 9.66 Å². The molecule has 0 unspecified atom stereocenters. The molecule has 0 aliphatic carbocycles. The van der Waals surface area contributed by atoms with Gasteiger partial charge in [0.1, 0.15) is 0 Å². The average Bonchev–Trinajstić information content (AvgIpc) is 2.68. The third-order valence-electron chi connectivity index (χ3n) is 2.40. The van der Waals surface area contributed by atoms with Crippen LogP contribution in [0, 0.1) is 10.1 Å². The molecule has 2 heterocycles. The number of aromatic amines is 1. The maximum absolute atomic E-state index is 10.3. The minimum absolute atomic E-state index is 0.0718. The first-order valence-corrected chi connectivity index (χ1v) is 4.82. The van der Waals surface area contributed by atoms with E-state index < -0.39 is 0 Å². The molecule has 16 heavy (non-hydrogen) atoms. The summed E-state index contributed by atoms with van der Waals surface area (Å²) in [6, 6.07) is 1.78. The Morgan fingerprint density at radius 1 is 1.62 bits per heavy atom. The monoisotopic (exact) mass is 221 g/mol. The molecule has 0 bridgehead atoms. The van der Waals surface area contributed by atoms with E-state index in [1.165, 1.54) is 7.11 Å². The van der Waals surface area contributed by atoms with Crippen LogP contribution in [0.25, 0.3) is 10.9 Å². The van der Waals surface area contributed by atoms with Gasteiger partial charge in [0.05, 0.1) is 18.8 Å². The fraction of sp³-hybridized carbons (Fsp3) is 0.300. The van der Waals surface area contributed by atoms with Crippen LogP contribution >= 0.6 is 0 Å². The molecule has 84 valence electrons. The zero-order valence-electron chi connectivity index (χ0n) is 8.77. The largest absolute Gasteiger partial charge is 0.481 e. The van der Waals surface area contributed by atoms with Crippen molar-refractivity contribution in [1.82, 2.24) is 9.97 Å². The van der Waals surface area contributed by atoms with Gasteiger partial charge in [-0.05, 0) is 5.56 Å². The number of rotatable bonds is 4. The molecule has 0 radical (unpaired) electrons. The normalized spacial score (nSPS) is 10.6. The Balaban J connectivity index is 2.34. The first kappa shape index (κ1) is 10.4. The molecule has 2 rings (SSSR count). The Kier molecular flexibility index (Phi) is 2.72. The molecule has 0 atom stereocenters. The second-order valence-corrected chi connectivity index (χ2v) is 3.39. The minimum Gasteiger partial charge on any atom is -0.481 e. The predicted molar refractivity (Wildman–Crippen MR) is 58.2 cm³/mol. The van der Waals surface area contributed by atoms with Gasteiger partial charge in [-0.1, -0.05) is 0 Å². The van der Waals surface area contributed by atoms with Gasteiger partial charge in [0.25, 0.3) is 0 Å². The van der Waals surface area contributed by atoms with Crippen molar-refractivity contribution in [3.8, 4) is 5.88 Å². The smallest absolute Gasteiger partial charge is 0.213 e. The van der Waals surface area contributed by atoms with Crippen LogP contribution in [0.3, 0.4) is 0 Å². The number of hydrogen-bond donors (Lipinski definition) is 1. The highest BCUT2D eigenvalue weighted by atomic mass is 16.6. The summed E-state index contributed by atoms with van der Waals surface area (Å²) in [5, 5.41) is 11.2. The molecular formula is C10H11N3O3. The van der Waals surface area contributed by atoms with E-state index in [9.17, 15) is 10.1 Å². The predicted octanol–water partition coefficient (Wildman–Crippen LogP) is 1.39. The summed E-state index contributed by atoms with van der Waals surface area (Å²) in [6.07, 6.45) is 3.83. The summed E-state index contributed by atoms with van der Waals surface area (Å²) in [7, 11) is 1.54. The van der Waals surface area contributed by atoms with Crippen LogP contribution in [0.5, 0.6) is 5.88 Å².